The lowest BCUT2D eigenvalue weighted by atomic mass is 10.1. The molecule has 1 saturated heterocycles. The van der Waals surface area contributed by atoms with Crippen LogP contribution in [0.25, 0.3) is 0 Å². The van der Waals surface area contributed by atoms with E-state index in [1.807, 2.05) is 30.3 Å². The van der Waals surface area contributed by atoms with Gasteiger partial charge in [-0.2, -0.15) is 0 Å². The zero-order chi connectivity index (χ0) is 14.7. The average molecular weight is 283 g/mol. The largest absolute Gasteiger partial charge is 0.353 e. The third-order valence-electron chi connectivity index (χ3n) is 4.09. The molecule has 2 heterocycles. The van der Waals surface area contributed by atoms with E-state index in [-0.39, 0.29) is 5.91 Å². The number of hydrogen-bond acceptors (Lipinski definition) is 2. The number of hydrogen-bond donors (Lipinski definition) is 1. The van der Waals surface area contributed by atoms with Gasteiger partial charge in [-0.3, -0.25) is 9.69 Å². The third-order valence-corrected chi connectivity index (χ3v) is 4.09. The predicted molar refractivity (Wildman–Crippen MR) is 84.0 cm³/mol. The molecule has 0 saturated carbocycles. The minimum atomic E-state index is 0.0577. The Morgan fingerprint density at radius 1 is 1.24 bits per heavy atom. The number of likely N-dealkylation sites (tertiary alicyclic amines) is 1. The molecule has 1 aromatic heterocycles. The van der Waals surface area contributed by atoms with Crippen molar-refractivity contribution in [1.29, 1.82) is 0 Å². The Labute approximate surface area is 125 Å². The van der Waals surface area contributed by atoms with Gasteiger partial charge in [0.1, 0.15) is 0 Å². The summed E-state index contributed by atoms with van der Waals surface area (Å²) in [4.78, 5) is 14.5. The van der Waals surface area contributed by atoms with E-state index in [4.69, 9.17) is 0 Å². The van der Waals surface area contributed by atoms with E-state index < -0.39 is 0 Å². The minimum Gasteiger partial charge on any atom is -0.353 e. The summed E-state index contributed by atoms with van der Waals surface area (Å²) in [6.45, 7) is 1.43. The van der Waals surface area contributed by atoms with Crippen molar-refractivity contribution < 1.29 is 4.79 Å². The van der Waals surface area contributed by atoms with Crippen LogP contribution in [0.3, 0.4) is 0 Å². The number of rotatable bonds is 4. The van der Waals surface area contributed by atoms with Gasteiger partial charge in [0.05, 0.1) is 12.6 Å². The number of aryl methyl sites for hydroxylation is 1. The first-order valence-electron chi connectivity index (χ1n) is 7.44. The van der Waals surface area contributed by atoms with Gasteiger partial charge in [0, 0.05) is 24.6 Å². The van der Waals surface area contributed by atoms with Crippen LogP contribution in [0, 0.1) is 0 Å². The van der Waals surface area contributed by atoms with Crippen molar-refractivity contribution in [3.8, 4) is 0 Å². The van der Waals surface area contributed by atoms with E-state index in [9.17, 15) is 4.79 Å². The van der Waals surface area contributed by atoms with Gasteiger partial charge in [-0.05, 0) is 43.7 Å². The molecule has 0 unspecified atom stereocenters. The molecule has 1 amide bonds. The predicted octanol–water partition coefficient (Wildman–Crippen LogP) is 2.80. The molecule has 3 rings (SSSR count). The molecule has 1 atom stereocenters. The molecule has 110 valence electrons. The molecule has 1 aliphatic heterocycles. The van der Waals surface area contributed by atoms with Gasteiger partial charge in [0.15, 0.2) is 0 Å². The molecule has 1 N–H and O–H groups in total. The third kappa shape index (κ3) is 3.16. The standard InChI is InChI=1S/C17H21N3O/c1-19-11-5-9-15(19)16-10-6-12-20(16)13-17(21)18-14-7-3-2-4-8-14/h2-5,7-9,11,16H,6,10,12-13H2,1H3,(H,18,21)/t16-/m1/s1. The summed E-state index contributed by atoms with van der Waals surface area (Å²) < 4.78 is 2.15. The average Bonchev–Trinajstić information content (AvgIpc) is 3.08. The van der Waals surface area contributed by atoms with Crippen LogP contribution in [0.15, 0.2) is 48.7 Å². The van der Waals surface area contributed by atoms with Gasteiger partial charge < -0.3 is 9.88 Å². The monoisotopic (exact) mass is 283 g/mol. The lowest BCUT2D eigenvalue weighted by Gasteiger charge is -2.24. The van der Waals surface area contributed by atoms with Crippen molar-refractivity contribution in [1.82, 2.24) is 9.47 Å². The molecule has 0 spiro atoms. The molecule has 1 aromatic carbocycles. The maximum absolute atomic E-state index is 12.2. The lowest BCUT2D eigenvalue weighted by molar-refractivity contribution is -0.117. The summed E-state index contributed by atoms with van der Waals surface area (Å²) in [7, 11) is 2.07. The van der Waals surface area contributed by atoms with Gasteiger partial charge in [-0.15, -0.1) is 0 Å². The lowest BCUT2D eigenvalue weighted by Crippen LogP contribution is -2.33. The minimum absolute atomic E-state index is 0.0577. The van der Waals surface area contributed by atoms with Gasteiger partial charge in [0.2, 0.25) is 5.91 Å². The number of amides is 1. The zero-order valence-corrected chi connectivity index (χ0v) is 12.3. The molecular formula is C17H21N3O. The SMILES string of the molecule is Cn1cccc1[C@H]1CCCN1CC(=O)Nc1ccccc1. The van der Waals surface area contributed by atoms with Crippen LogP contribution in [0.5, 0.6) is 0 Å². The first-order chi connectivity index (χ1) is 10.2. The molecule has 4 nitrogen and oxygen atoms in total. The molecule has 4 heteroatoms. The Morgan fingerprint density at radius 3 is 2.76 bits per heavy atom. The van der Waals surface area contributed by atoms with Crippen molar-refractivity contribution in [2.24, 2.45) is 7.05 Å². The number of carbonyl (C=O) groups excluding carboxylic acids is 1. The first-order valence-corrected chi connectivity index (χ1v) is 7.44. The van der Waals surface area contributed by atoms with Crippen LogP contribution in [-0.2, 0) is 11.8 Å². The Kier molecular flexibility index (Phi) is 4.06. The summed E-state index contributed by atoms with van der Waals surface area (Å²) in [6.07, 6.45) is 4.33. The molecule has 2 aromatic rings. The van der Waals surface area contributed by atoms with Gasteiger partial charge in [-0.25, -0.2) is 0 Å². The maximum atomic E-state index is 12.2. The van der Waals surface area contributed by atoms with Crippen LogP contribution in [0.1, 0.15) is 24.6 Å². The highest BCUT2D eigenvalue weighted by Crippen LogP contribution is 2.31. The van der Waals surface area contributed by atoms with Crippen LogP contribution < -0.4 is 5.32 Å². The molecular weight excluding hydrogens is 262 g/mol. The van der Waals surface area contributed by atoms with Gasteiger partial charge >= 0.3 is 0 Å². The summed E-state index contributed by atoms with van der Waals surface area (Å²) in [5.74, 6) is 0.0577. The van der Waals surface area contributed by atoms with Crippen molar-refractivity contribution in [3.05, 3.63) is 54.4 Å². The maximum Gasteiger partial charge on any atom is 0.238 e. The molecule has 0 aliphatic carbocycles. The number of benzene rings is 1. The number of nitrogens with one attached hydrogen (secondary N) is 1. The second-order valence-electron chi connectivity index (χ2n) is 5.59. The smallest absolute Gasteiger partial charge is 0.238 e. The topological polar surface area (TPSA) is 37.3 Å². The van der Waals surface area contributed by atoms with Crippen molar-refractivity contribution in [2.75, 3.05) is 18.4 Å². The number of carbonyl (C=O) groups is 1. The number of para-hydroxylation sites is 1. The van der Waals surface area contributed by atoms with E-state index in [1.165, 1.54) is 5.69 Å². The zero-order valence-electron chi connectivity index (χ0n) is 12.3. The summed E-state index contributed by atoms with van der Waals surface area (Å²) >= 11 is 0. The van der Waals surface area contributed by atoms with Crippen molar-refractivity contribution in [3.63, 3.8) is 0 Å². The quantitative estimate of drug-likeness (QED) is 0.937. The highest BCUT2D eigenvalue weighted by Gasteiger charge is 2.28. The highest BCUT2D eigenvalue weighted by molar-refractivity contribution is 5.92. The van der Waals surface area contributed by atoms with E-state index >= 15 is 0 Å². The fraction of sp³-hybridized carbons (Fsp3) is 0.353. The van der Waals surface area contributed by atoms with E-state index in [1.54, 1.807) is 0 Å². The molecule has 0 radical (unpaired) electrons. The molecule has 0 bridgehead atoms. The van der Waals surface area contributed by atoms with Crippen LogP contribution in [0.4, 0.5) is 5.69 Å². The number of nitrogens with zero attached hydrogens (tertiary/aromatic N) is 2. The van der Waals surface area contributed by atoms with Crippen LogP contribution in [0.2, 0.25) is 0 Å². The van der Waals surface area contributed by atoms with E-state index in [0.717, 1.165) is 25.1 Å². The second kappa shape index (κ2) is 6.14. The molecule has 1 fully saturated rings. The first kappa shape index (κ1) is 13.9. The fourth-order valence-corrected chi connectivity index (χ4v) is 3.08. The number of anilines is 1. The fourth-order valence-electron chi connectivity index (χ4n) is 3.08. The van der Waals surface area contributed by atoms with Crippen LogP contribution >= 0.6 is 0 Å². The van der Waals surface area contributed by atoms with E-state index in [0.29, 0.717) is 12.6 Å². The summed E-state index contributed by atoms with van der Waals surface area (Å²) in [5.41, 5.74) is 2.15. The Bertz CT molecular complexity index is 606. The van der Waals surface area contributed by atoms with Gasteiger partial charge in [0.25, 0.3) is 0 Å². The normalized spacial score (nSPS) is 18.8. The Morgan fingerprint density at radius 2 is 2.05 bits per heavy atom. The summed E-state index contributed by atoms with van der Waals surface area (Å²) in [6, 6.07) is 14.2. The molecule has 21 heavy (non-hydrogen) atoms. The van der Waals surface area contributed by atoms with Gasteiger partial charge in [-0.1, -0.05) is 18.2 Å². The van der Waals surface area contributed by atoms with Crippen molar-refractivity contribution in [2.45, 2.75) is 18.9 Å². The van der Waals surface area contributed by atoms with Crippen molar-refractivity contribution >= 4 is 11.6 Å². The highest BCUT2D eigenvalue weighted by atomic mass is 16.2. The second-order valence-corrected chi connectivity index (χ2v) is 5.59. The molecule has 1 aliphatic rings. The summed E-state index contributed by atoms with van der Waals surface area (Å²) in [5, 5.41) is 2.96. The van der Waals surface area contributed by atoms with Crippen LogP contribution in [-0.4, -0.2) is 28.5 Å². The van der Waals surface area contributed by atoms with E-state index in [2.05, 4.69) is 40.2 Å². The Hall–Kier alpha value is -2.07. The Balaban J connectivity index is 1.64. The number of aromatic nitrogens is 1.